The van der Waals surface area contributed by atoms with Crippen molar-refractivity contribution in [3.8, 4) is 0 Å². The van der Waals surface area contributed by atoms with Crippen LogP contribution in [0.2, 0.25) is 0 Å². The maximum atomic E-state index is 13.7. The minimum Gasteiger partial charge on any atom is -0.325 e. The van der Waals surface area contributed by atoms with E-state index >= 15 is 0 Å². The van der Waals surface area contributed by atoms with Gasteiger partial charge in [-0.05, 0) is 56.3 Å². The van der Waals surface area contributed by atoms with Crippen LogP contribution in [-0.2, 0) is 26.7 Å². The lowest BCUT2D eigenvalue weighted by Crippen LogP contribution is -2.39. The first-order valence-corrected chi connectivity index (χ1v) is 12.8. The largest absolute Gasteiger partial charge is 0.325 e. The smallest absolute Gasteiger partial charge is 0.240 e. The summed E-state index contributed by atoms with van der Waals surface area (Å²) in [6, 6.07) is 22.4. The monoisotopic (exact) mass is 479 g/mol. The van der Waals surface area contributed by atoms with E-state index in [-0.39, 0.29) is 10.8 Å². The third-order valence-corrected chi connectivity index (χ3v) is 8.35. The third kappa shape index (κ3) is 4.68. The Labute approximate surface area is 197 Å². The Balaban J connectivity index is 1.71. The van der Waals surface area contributed by atoms with Gasteiger partial charge < -0.3 is 5.32 Å². The van der Waals surface area contributed by atoms with E-state index in [2.05, 4.69) is 10.0 Å². The predicted octanol–water partition coefficient (Wildman–Crippen LogP) is 4.65. The van der Waals surface area contributed by atoms with Crippen molar-refractivity contribution in [2.45, 2.75) is 30.6 Å². The first kappa shape index (κ1) is 23.1. The first-order chi connectivity index (χ1) is 15.7. The summed E-state index contributed by atoms with van der Waals surface area (Å²) in [5, 5.41) is 3.81. The minimum absolute atomic E-state index is 0.135. The van der Waals surface area contributed by atoms with Gasteiger partial charge in [0.25, 0.3) is 0 Å². The lowest BCUT2D eigenvalue weighted by molar-refractivity contribution is -0.121. The molecule has 1 unspecified atom stereocenters. The highest BCUT2D eigenvalue weighted by Gasteiger charge is 2.36. The Morgan fingerprint density at radius 3 is 2.42 bits per heavy atom. The molecule has 0 bridgehead atoms. The summed E-state index contributed by atoms with van der Waals surface area (Å²) in [4.78, 5) is 18.5. The summed E-state index contributed by atoms with van der Waals surface area (Å²) < 4.78 is 28.2. The van der Waals surface area contributed by atoms with Crippen LogP contribution in [0.3, 0.4) is 0 Å². The lowest BCUT2D eigenvalue weighted by atomic mass is 9.78. The molecule has 0 aliphatic carbocycles. The SMILES string of the molecule is CNS(=O)(=O)c1cc(NC(=O)C(C)(Cc2nc3ccccc3s2)c2ccccc2)ccc1C. The molecule has 0 aliphatic heterocycles. The zero-order chi connectivity index (χ0) is 23.6. The van der Waals surface area contributed by atoms with Gasteiger partial charge >= 0.3 is 0 Å². The molecule has 4 rings (SSSR count). The summed E-state index contributed by atoms with van der Waals surface area (Å²) in [6.45, 7) is 3.61. The Morgan fingerprint density at radius 1 is 1.03 bits per heavy atom. The maximum Gasteiger partial charge on any atom is 0.240 e. The van der Waals surface area contributed by atoms with Crippen molar-refractivity contribution in [3.05, 3.63) is 88.9 Å². The molecular weight excluding hydrogens is 454 g/mol. The molecule has 1 heterocycles. The Hall–Kier alpha value is -3.07. The second-order valence-electron chi connectivity index (χ2n) is 8.09. The number of aryl methyl sites for hydroxylation is 1. The zero-order valence-corrected chi connectivity index (χ0v) is 20.3. The molecule has 3 aromatic carbocycles. The molecular formula is C25H25N3O3S2. The number of aromatic nitrogens is 1. The van der Waals surface area contributed by atoms with E-state index in [0.717, 1.165) is 20.8 Å². The molecule has 0 radical (unpaired) electrons. The van der Waals surface area contributed by atoms with Gasteiger partial charge in [-0.25, -0.2) is 18.1 Å². The lowest BCUT2D eigenvalue weighted by Gasteiger charge is -2.28. The fraction of sp³-hybridized carbons (Fsp3) is 0.200. The average Bonchev–Trinajstić information content (AvgIpc) is 3.22. The van der Waals surface area contributed by atoms with Crippen molar-refractivity contribution in [2.24, 2.45) is 0 Å². The molecule has 1 atom stereocenters. The number of nitrogens with one attached hydrogen (secondary N) is 2. The highest BCUT2D eigenvalue weighted by molar-refractivity contribution is 7.89. The predicted molar refractivity (Wildman–Crippen MR) is 133 cm³/mol. The molecule has 170 valence electrons. The van der Waals surface area contributed by atoms with Crippen LogP contribution in [0.4, 0.5) is 5.69 Å². The van der Waals surface area contributed by atoms with Crippen molar-refractivity contribution in [3.63, 3.8) is 0 Å². The normalized spacial score (nSPS) is 13.5. The number of nitrogens with zero attached hydrogens (tertiary/aromatic N) is 1. The number of anilines is 1. The van der Waals surface area contributed by atoms with Crippen molar-refractivity contribution < 1.29 is 13.2 Å². The van der Waals surface area contributed by atoms with Crippen LogP contribution >= 0.6 is 11.3 Å². The summed E-state index contributed by atoms with van der Waals surface area (Å²) in [7, 11) is -2.28. The number of para-hydroxylation sites is 1. The molecule has 0 saturated heterocycles. The number of benzene rings is 3. The van der Waals surface area contributed by atoms with Gasteiger partial charge in [-0.15, -0.1) is 11.3 Å². The molecule has 33 heavy (non-hydrogen) atoms. The maximum absolute atomic E-state index is 13.7. The number of sulfonamides is 1. The first-order valence-electron chi connectivity index (χ1n) is 10.5. The highest BCUT2D eigenvalue weighted by atomic mass is 32.2. The quantitative estimate of drug-likeness (QED) is 0.404. The Morgan fingerprint density at radius 2 is 1.73 bits per heavy atom. The van der Waals surface area contributed by atoms with Gasteiger partial charge in [0.05, 0.1) is 25.5 Å². The fourth-order valence-corrected chi connectivity index (χ4v) is 5.88. The zero-order valence-electron chi connectivity index (χ0n) is 18.6. The number of rotatable bonds is 7. The van der Waals surface area contributed by atoms with Gasteiger partial charge in [0.1, 0.15) is 0 Å². The number of carbonyl (C=O) groups is 1. The van der Waals surface area contributed by atoms with Crippen molar-refractivity contribution in [2.75, 3.05) is 12.4 Å². The molecule has 0 saturated carbocycles. The molecule has 8 heteroatoms. The number of fused-ring (bicyclic) bond motifs is 1. The summed E-state index contributed by atoms with van der Waals surface area (Å²) >= 11 is 1.57. The molecule has 1 amide bonds. The van der Waals surface area contributed by atoms with Crippen molar-refractivity contribution in [1.82, 2.24) is 9.71 Å². The molecule has 1 aromatic heterocycles. The topological polar surface area (TPSA) is 88.2 Å². The summed E-state index contributed by atoms with van der Waals surface area (Å²) in [6.07, 6.45) is 0.412. The van der Waals surface area contributed by atoms with E-state index in [0.29, 0.717) is 17.7 Å². The average molecular weight is 480 g/mol. The number of hydrogen-bond donors (Lipinski definition) is 2. The second-order valence-corrected chi connectivity index (χ2v) is 11.1. The summed E-state index contributed by atoms with van der Waals surface area (Å²) in [5.74, 6) is -0.232. The van der Waals surface area contributed by atoms with Gasteiger partial charge in [-0.1, -0.05) is 48.5 Å². The van der Waals surface area contributed by atoms with E-state index in [9.17, 15) is 13.2 Å². The molecule has 0 aliphatic rings. The van der Waals surface area contributed by atoms with Crippen LogP contribution in [0.15, 0.2) is 77.7 Å². The number of amides is 1. The number of carbonyl (C=O) groups excluding carboxylic acids is 1. The van der Waals surface area contributed by atoms with Crippen LogP contribution in [0.25, 0.3) is 10.2 Å². The number of thiazole rings is 1. The van der Waals surface area contributed by atoms with Crippen molar-refractivity contribution >= 4 is 43.2 Å². The van der Waals surface area contributed by atoms with Crippen LogP contribution in [-0.4, -0.2) is 26.4 Å². The number of hydrogen-bond acceptors (Lipinski definition) is 5. The van der Waals surface area contributed by atoms with Gasteiger partial charge in [-0.3, -0.25) is 4.79 Å². The highest BCUT2D eigenvalue weighted by Crippen LogP contribution is 2.33. The molecule has 4 aromatic rings. The van der Waals surface area contributed by atoms with Crippen LogP contribution in [0.1, 0.15) is 23.1 Å². The van der Waals surface area contributed by atoms with Crippen molar-refractivity contribution in [1.29, 1.82) is 0 Å². The van der Waals surface area contributed by atoms with E-state index in [1.807, 2.05) is 61.5 Å². The van der Waals surface area contributed by atoms with Gasteiger partial charge in [0.15, 0.2) is 0 Å². The third-order valence-electron chi connectivity index (χ3n) is 5.76. The standard InChI is InChI=1S/C25H25N3O3S2/c1-17-13-14-19(15-22(17)33(30,31)26-3)27-24(29)25(2,18-9-5-4-6-10-18)16-23-28-20-11-7-8-12-21(20)32-23/h4-15,26H,16H2,1-3H3,(H,27,29). The molecule has 0 fully saturated rings. The fourth-order valence-electron chi connectivity index (χ4n) is 3.76. The Kier molecular flexibility index (Phi) is 6.34. The minimum atomic E-state index is -3.65. The second kappa shape index (κ2) is 9.05. The summed E-state index contributed by atoms with van der Waals surface area (Å²) in [5.41, 5.74) is 1.88. The van der Waals surface area contributed by atoms with Crippen LogP contribution in [0.5, 0.6) is 0 Å². The van der Waals surface area contributed by atoms with Gasteiger partial charge in [-0.2, -0.15) is 0 Å². The van der Waals surface area contributed by atoms with Gasteiger partial charge in [0, 0.05) is 12.1 Å². The molecule has 2 N–H and O–H groups in total. The van der Waals surface area contributed by atoms with E-state index in [1.54, 1.807) is 30.4 Å². The van der Waals surface area contributed by atoms with E-state index in [4.69, 9.17) is 4.98 Å². The molecule has 6 nitrogen and oxygen atoms in total. The van der Waals surface area contributed by atoms with E-state index < -0.39 is 15.4 Å². The van der Waals surface area contributed by atoms with E-state index in [1.165, 1.54) is 13.1 Å². The van der Waals surface area contributed by atoms with Crippen LogP contribution < -0.4 is 10.0 Å². The van der Waals surface area contributed by atoms with Crippen LogP contribution in [0, 0.1) is 6.92 Å². The Bertz CT molecular complexity index is 1380. The molecule has 0 spiro atoms. The van der Waals surface area contributed by atoms with Gasteiger partial charge in [0.2, 0.25) is 15.9 Å².